The summed E-state index contributed by atoms with van der Waals surface area (Å²) in [7, 11) is 1.80. The lowest BCUT2D eigenvalue weighted by Gasteiger charge is -2.28. The predicted molar refractivity (Wildman–Crippen MR) is 101 cm³/mol. The van der Waals surface area contributed by atoms with Crippen LogP contribution < -0.4 is 0 Å². The molecular weight excluding hydrogens is 328 g/mol. The first-order valence-electron chi connectivity index (χ1n) is 9.09. The maximum absolute atomic E-state index is 12.8. The molecule has 0 radical (unpaired) electrons. The number of carbonyl (C=O) groups is 3. The third-order valence-corrected chi connectivity index (χ3v) is 5.27. The standard InChI is InChI=1S/C21H24N2O3/c1-4-14(2)22(3)18(24)12-7-13-23-20(25)16-10-5-8-15-9-6-11-17(19(15)16)21(23)26/h5-6,8-11,14H,4,7,12-13H2,1-3H3. The van der Waals surface area contributed by atoms with Crippen LogP contribution >= 0.6 is 0 Å². The summed E-state index contributed by atoms with van der Waals surface area (Å²) in [5.74, 6) is -0.511. The van der Waals surface area contributed by atoms with Crippen molar-refractivity contribution < 1.29 is 14.4 Å². The maximum atomic E-state index is 12.8. The minimum absolute atomic E-state index is 0.0405. The van der Waals surface area contributed by atoms with Crippen LogP contribution in [0.25, 0.3) is 10.8 Å². The van der Waals surface area contributed by atoms with Crippen molar-refractivity contribution in [3.8, 4) is 0 Å². The second-order valence-corrected chi connectivity index (χ2v) is 6.84. The SMILES string of the molecule is CCC(C)N(C)C(=O)CCCN1C(=O)c2cccc3cccc(c23)C1=O. The molecule has 0 N–H and O–H groups in total. The van der Waals surface area contributed by atoms with Gasteiger partial charge in [-0.15, -0.1) is 0 Å². The predicted octanol–water partition coefficient (Wildman–Crippen LogP) is 3.47. The van der Waals surface area contributed by atoms with Gasteiger partial charge in [0.15, 0.2) is 0 Å². The molecule has 3 amide bonds. The molecule has 1 atom stereocenters. The third-order valence-electron chi connectivity index (χ3n) is 5.27. The topological polar surface area (TPSA) is 57.7 Å². The molecule has 3 rings (SSSR count). The number of benzene rings is 2. The van der Waals surface area contributed by atoms with Crippen LogP contribution in [0.3, 0.4) is 0 Å². The van der Waals surface area contributed by atoms with Crippen molar-refractivity contribution in [2.75, 3.05) is 13.6 Å². The third kappa shape index (κ3) is 3.09. The van der Waals surface area contributed by atoms with Crippen LogP contribution in [0.15, 0.2) is 36.4 Å². The number of hydrogen-bond acceptors (Lipinski definition) is 3. The van der Waals surface area contributed by atoms with Crippen molar-refractivity contribution in [2.45, 2.75) is 39.2 Å². The summed E-state index contributed by atoms with van der Waals surface area (Å²) >= 11 is 0. The smallest absolute Gasteiger partial charge is 0.261 e. The van der Waals surface area contributed by atoms with Gasteiger partial charge in [0.05, 0.1) is 0 Å². The molecule has 26 heavy (non-hydrogen) atoms. The second-order valence-electron chi connectivity index (χ2n) is 6.84. The Hall–Kier alpha value is -2.69. The molecule has 0 fully saturated rings. The fourth-order valence-electron chi connectivity index (χ4n) is 3.37. The highest BCUT2D eigenvalue weighted by atomic mass is 16.2. The van der Waals surface area contributed by atoms with Crippen molar-refractivity contribution in [1.29, 1.82) is 0 Å². The highest BCUT2D eigenvalue weighted by molar-refractivity contribution is 6.25. The lowest BCUT2D eigenvalue weighted by Crippen LogP contribution is -2.41. The number of imide groups is 1. The molecule has 0 aromatic heterocycles. The van der Waals surface area contributed by atoms with E-state index in [4.69, 9.17) is 0 Å². The van der Waals surface area contributed by atoms with Crippen molar-refractivity contribution >= 4 is 28.5 Å². The van der Waals surface area contributed by atoms with E-state index in [2.05, 4.69) is 0 Å². The summed E-state index contributed by atoms with van der Waals surface area (Å²) in [4.78, 5) is 40.8. The Balaban J connectivity index is 1.74. The van der Waals surface area contributed by atoms with Gasteiger partial charge in [0.25, 0.3) is 11.8 Å². The lowest BCUT2D eigenvalue weighted by molar-refractivity contribution is -0.131. The lowest BCUT2D eigenvalue weighted by atomic mass is 9.94. The van der Waals surface area contributed by atoms with E-state index in [1.807, 2.05) is 38.1 Å². The summed E-state index contributed by atoms with van der Waals surface area (Å²) in [6.45, 7) is 4.30. The second kappa shape index (κ2) is 7.28. The van der Waals surface area contributed by atoms with Gasteiger partial charge in [-0.05, 0) is 37.3 Å². The van der Waals surface area contributed by atoms with Crippen molar-refractivity contribution in [1.82, 2.24) is 9.80 Å². The van der Waals surface area contributed by atoms with Gasteiger partial charge in [-0.25, -0.2) is 0 Å². The molecule has 5 heteroatoms. The van der Waals surface area contributed by atoms with E-state index in [1.54, 1.807) is 24.1 Å². The first kappa shape index (κ1) is 18.1. The minimum atomic E-state index is -0.276. The average Bonchev–Trinajstić information content (AvgIpc) is 2.67. The van der Waals surface area contributed by atoms with Gasteiger partial charge < -0.3 is 4.90 Å². The molecule has 2 aromatic rings. The van der Waals surface area contributed by atoms with E-state index < -0.39 is 0 Å². The number of rotatable bonds is 6. The fourth-order valence-corrected chi connectivity index (χ4v) is 3.37. The van der Waals surface area contributed by atoms with Gasteiger partial charge in [-0.3, -0.25) is 19.3 Å². The minimum Gasteiger partial charge on any atom is -0.343 e. The number of carbonyl (C=O) groups excluding carboxylic acids is 3. The van der Waals surface area contributed by atoms with Gasteiger partial charge in [0.2, 0.25) is 5.91 Å². The van der Waals surface area contributed by atoms with E-state index in [-0.39, 0.29) is 30.3 Å². The van der Waals surface area contributed by atoms with Gasteiger partial charge in [0.1, 0.15) is 0 Å². The zero-order chi connectivity index (χ0) is 18.8. The van der Waals surface area contributed by atoms with E-state index in [0.717, 1.165) is 17.2 Å². The Labute approximate surface area is 153 Å². The Morgan fingerprint density at radius 2 is 1.65 bits per heavy atom. The average molecular weight is 352 g/mol. The highest BCUT2D eigenvalue weighted by Gasteiger charge is 2.32. The number of amides is 3. The molecule has 0 spiro atoms. The molecule has 0 saturated carbocycles. The van der Waals surface area contributed by atoms with Crippen LogP contribution in [0.4, 0.5) is 0 Å². The van der Waals surface area contributed by atoms with Crippen LogP contribution in [-0.2, 0) is 4.79 Å². The molecule has 1 aliphatic heterocycles. The summed E-state index contributed by atoms with van der Waals surface area (Å²) in [5.41, 5.74) is 1.11. The normalized spacial score (nSPS) is 14.7. The highest BCUT2D eigenvalue weighted by Crippen LogP contribution is 2.30. The first-order chi connectivity index (χ1) is 12.5. The van der Waals surface area contributed by atoms with Crippen LogP contribution in [0.1, 0.15) is 53.8 Å². The maximum Gasteiger partial charge on any atom is 0.261 e. The van der Waals surface area contributed by atoms with Crippen molar-refractivity contribution in [3.63, 3.8) is 0 Å². The molecule has 1 aliphatic rings. The summed E-state index contributed by atoms with van der Waals surface area (Å²) in [6.07, 6.45) is 1.69. The Kier molecular flexibility index (Phi) is 5.07. The Bertz CT molecular complexity index is 824. The summed E-state index contributed by atoms with van der Waals surface area (Å²) in [6, 6.07) is 11.2. The number of hydrogen-bond donors (Lipinski definition) is 0. The van der Waals surface area contributed by atoms with Gasteiger partial charge >= 0.3 is 0 Å². The summed E-state index contributed by atoms with van der Waals surface area (Å²) < 4.78 is 0. The largest absolute Gasteiger partial charge is 0.343 e. The fraction of sp³-hybridized carbons (Fsp3) is 0.381. The van der Waals surface area contributed by atoms with Crippen LogP contribution in [0.2, 0.25) is 0 Å². The van der Waals surface area contributed by atoms with Crippen molar-refractivity contribution in [3.05, 3.63) is 47.5 Å². The van der Waals surface area contributed by atoms with Gasteiger partial charge in [-0.1, -0.05) is 31.2 Å². The van der Waals surface area contributed by atoms with E-state index in [1.165, 1.54) is 4.90 Å². The van der Waals surface area contributed by atoms with Crippen LogP contribution in [0.5, 0.6) is 0 Å². The zero-order valence-electron chi connectivity index (χ0n) is 15.5. The molecule has 5 nitrogen and oxygen atoms in total. The quantitative estimate of drug-likeness (QED) is 0.748. The molecule has 0 bridgehead atoms. The molecular formula is C21H24N2O3. The van der Waals surface area contributed by atoms with E-state index >= 15 is 0 Å². The van der Waals surface area contributed by atoms with Crippen LogP contribution in [0, 0.1) is 0 Å². The molecule has 0 aliphatic carbocycles. The Morgan fingerprint density at radius 3 is 2.19 bits per heavy atom. The van der Waals surface area contributed by atoms with Crippen molar-refractivity contribution in [2.24, 2.45) is 0 Å². The van der Waals surface area contributed by atoms with Crippen LogP contribution in [-0.4, -0.2) is 47.2 Å². The first-order valence-corrected chi connectivity index (χ1v) is 9.09. The van der Waals surface area contributed by atoms with Gasteiger partial charge in [0, 0.05) is 42.6 Å². The van der Waals surface area contributed by atoms with E-state index in [0.29, 0.717) is 24.0 Å². The molecule has 0 saturated heterocycles. The molecule has 2 aromatic carbocycles. The summed E-state index contributed by atoms with van der Waals surface area (Å²) in [5, 5.41) is 1.63. The van der Waals surface area contributed by atoms with Gasteiger partial charge in [-0.2, -0.15) is 0 Å². The molecule has 1 unspecified atom stereocenters. The Morgan fingerprint density at radius 1 is 1.08 bits per heavy atom. The number of nitrogens with zero attached hydrogens (tertiary/aromatic N) is 2. The zero-order valence-corrected chi connectivity index (χ0v) is 15.5. The van der Waals surface area contributed by atoms with E-state index in [9.17, 15) is 14.4 Å². The molecule has 136 valence electrons. The monoisotopic (exact) mass is 352 g/mol. The molecule has 1 heterocycles.